The number of nitrogens with zero attached hydrogens (tertiary/aromatic N) is 1. The highest BCUT2D eigenvalue weighted by Gasteiger charge is 2.60. The van der Waals surface area contributed by atoms with E-state index in [-0.39, 0.29) is 23.9 Å². The van der Waals surface area contributed by atoms with Gasteiger partial charge in [-0.3, -0.25) is 4.79 Å². The van der Waals surface area contributed by atoms with Gasteiger partial charge in [-0.15, -0.1) is 11.3 Å². The average molecular weight is 405 g/mol. The van der Waals surface area contributed by atoms with E-state index in [0.29, 0.717) is 10.8 Å². The van der Waals surface area contributed by atoms with E-state index >= 15 is 0 Å². The lowest BCUT2D eigenvalue weighted by Gasteiger charge is -2.58. The molecule has 27 heavy (non-hydrogen) atoms. The molecule has 1 atom stereocenters. The Labute approximate surface area is 164 Å². The summed E-state index contributed by atoms with van der Waals surface area (Å²) in [5.74, 6) is 0.186. The fourth-order valence-corrected chi connectivity index (χ4v) is 6.63. The Balaban J connectivity index is 1.49. The van der Waals surface area contributed by atoms with Crippen LogP contribution in [0.2, 0.25) is 0 Å². The molecule has 7 heteroatoms. The van der Waals surface area contributed by atoms with Gasteiger partial charge in [0.25, 0.3) is 0 Å². The topological polar surface area (TPSA) is 66.5 Å². The molecule has 5 nitrogen and oxygen atoms in total. The number of likely N-dealkylation sites (tertiary alicyclic amines) is 1. The van der Waals surface area contributed by atoms with Crippen molar-refractivity contribution in [3.05, 3.63) is 53.4 Å². The lowest BCUT2D eigenvalue weighted by atomic mass is 9.60. The molecule has 2 aliphatic rings. The second-order valence-electron chi connectivity index (χ2n) is 7.36. The van der Waals surface area contributed by atoms with E-state index in [2.05, 4.69) is 16.9 Å². The number of carbonyl (C=O) groups is 1. The summed E-state index contributed by atoms with van der Waals surface area (Å²) in [5.41, 5.74) is 0.867. The average Bonchev–Trinajstić information content (AvgIpc) is 3.24. The first-order valence-electron chi connectivity index (χ1n) is 9.44. The van der Waals surface area contributed by atoms with Gasteiger partial charge in [0.1, 0.15) is 4.21 Å². The molecule has 2 heterocycles. The van der Waals surface area contributed by atoms with Crippen molar-refractivity contribution in [2.45, 2.75) is 42.4 Å². The van der Waals surface area contributed by atoms with Crippen LogP contribution in [0, 0.1) is 5.41 Å². The van der Waals surface area contributed by atoms with Crippen molar-refractivity contribution in [3.8, 4) is 0 Å². The molecule has 1 aromatic carbocycles. The number of amides is 1. The van der Waals surface area contributed by atoms with Gasteiger partial charge < -0.3 is 4.90 Å². The first-order valence-corrected chi connectivity index (χ1v) is 11.8. The molecule has 1 saturated carbocycles. The zero-order valence-corrected chi connectivity index (χ0v) is 16.8. The van der Waals surface area contributed by atoms with Crippen LogP contribution in [0.1, 0.15) is 43.7 Å². The van der Waals surface area contributed by atoms with Crippen LogP contribution in [0.3, 0.4) is 0 Å². The maximum atomic E-state index is 13.1. The summed E-state index contributed by atoms with van der Waals surface area (Å²) in [6.07, 6.45) is 5.24. The van der Waals surface area contributed by atoms with Crippen molar-refractivity contribution in [3.63, 3.8) is 0 Å². The Bertz CT molecular complexity index is 889. The summed E-state index contributed by atoms with van der Waals surface area (Å²) in [6.45, 7) is 0.621. The second-order valence-corrected chi connectivity index (χ2v) is 10.3. The third-order valence-electron chi connectivity index (χ3n) is 5.79. The summed E-state index contributed by atoms with van der Waals surface area (Å²) in [5, 5.41) is 1.74. The molecule has 1 aliphatic heterocycles. The Kier molecular flexibility index (Phi) is 5.09. The number of β-lactam (4-membered cyclic amide) rings is 1. The molecule has 144 valence electrons. The predicted molar refractivity (Wildman–Crippen MR) is 106 cm³/mol. The molecule has 1 spiro atoms. The number of hydrogen-bond donors (Lipinski definition) is 1. The van der Waals surface area contributed by atoms with Crippen molar-refractivity contribution in [1.82, 2.24) is 9.62 Å². The summed E-state index contributed by atoms with van der Waals surface area (Å²) in [6, 6.07) is 13.5. The maximum Gasteiger partial charge on any atom is 0.250 e. The van der Waals surface area contributed by atoms with Crippen molar-refractivity contribution in [1.29, 1.82) is 0 Å². The molecular weight excluding hydrogens is 380 g/mol. The van der Waals surface area contributed by atoms with E-state index in [1.165, 1.54) is 17.8 Å². The van der Waals surface area contributed by atoms with Crippen LogP contribution in [-0.2, 0) is 14.8 Å². The van der Waals surface area contributed by atoms with E-state index < -0.39 is 10.0 Å². The summed E-state index contributed by atoms with van der Waals surface area (Å²) < 4.78 is 27.5. The van der Waals surface area contributed by atoms with E-state index in [4.69, 9.17) is 0 Å². The van der Waals surface area contributed by atoms with Crippen molar-refractivity contribution in [2.24, 2.45) is 5.41 Å². The van der Waals surface area contributed by atoms with Crippen LogP contribution in [0.15, 0.2) is 52.1 Å². The van der Waals surface area contributed by atoms with Gasteiger partial charge in [0.15, 0.2) is 0 Å². The van der Waals surface area contributed by atoms with Gasteiger partial charge >= 0.3 is 0 Å². The van der Waals surface area contributed by atoms with Gasteiger partial charge in [0, 0.05) is 13.1 Å². The number of carbonyl (C=O) groups excluding carboxylic acids is 1. The molecule has 0 radical (unpaired) electrons. The SMILES string of the molecule is O=C1N(CCNS(=O)(=O)c2cccs2)C(c2ccccc2)C12CCCCC2. The fraction of sp³-hybridized carbons (Fsp3) is 0.450. The van der Waals surface area contributed by atoms with Crippen molar-refractivity contribution in [2.75, 3.05) is 13.1 Å². The first kappa shape index (κ1) is 18.7. The van der Waals surface area contributed by atoms with Crippen LogP contribution in [0.5, 0.6) is 0 Å². The fourth-order valence-electron chi connectivity index (χ4n) is 4.58. The largest absolute Gasteiger partial charge is 0.333 e. The Morgan fingerprint density at radius 3 is 2.48 bits per heavy atom. The Hall–Kier alpha value is -1.70. The normalized spacial score (nSPS) is 22.0. The highest BCUT2D eigenvalue weighted by Crippen LogP contribution is 2.57. The summed E-state index contributed by atoms with van der Waals surface area (Å²) >= 11 is 1.19. The van der Waals surface area contributed by atoms with E-state index in [1.54, 1.807) is 17.5 Å². The minimum Gasteiger partial charge on any atom is -0.333 e. The molecule has 2 aromatic rings. The predicted octanol–water partition coefficient (Wildman–Crippen LogP) is 3.56. The lowest BCUT2D eigenvalue weighted by molar-refractivity contribution is -0.178. The molecule has 1 N–H and O–H groups in total. The van der Waals surface area contributed by atoms with Crippen LogP contribution >= 0.6 is 11.3 Å². The number of thiophene rings is 1. The van der Waals surface area contributed by atoms with E-state index in [9.17, 15) is 13.2 Å². The minimum absolute atomic E-state index is 0.0535. The van der Waals surface area contributed by atoms with Gasteiger partial charge in [-0.25, -0.2) is 13.1 Å². The second kappa shape index (κ2) is 7.37. The third kappa shape index (κ3) is 3.32. The summed E-state index contributed by atoms with van der Waals surface area (Å²) in [4.78, 5) is 14.9. The molecule has 1 aliphatic carbocycles. The molecule has 1 unspecified atom stereocenters. The molecule has 1 saturated heterocycles. The molecule has 4 rings (SSSR count). The van der Waals surface area contributed by atoms with Crippen LogP contribution in [0.25, 0.3) is 0 Å². The Morgan fingerprint density at radius 2 is 1.81 bits per heavy atom. The van der Waals surface area contributed by atoms with Gasteiger partial charge in [-0.2, -0.15) is 0 Å². The Morgan fingerprint density at radius 1 is 1.07 bits per heavy atom. The molecule has 1 amide bonds. The number of benzene rings is 1. The van der Waals surface area contributed by atoms with E-state index in [1.807, 2.05) is 23.1 Å². The third-order valence-corrected chi connectivity index (χ3v) is 8.65. The maximum absolute atomic E-state index is 13.1. The smallest absolute Gasteiger partial charge is 0.250 e. The molecular formula is C20H24N2O3S2. The highest BCUT2D eigenvalue weighted by molar-refractivity contribution is 7.91. The standard InChI is InChI=1S/C20H24N2O3S2/c23-19-20(11-5-2-6-12-20)18(16-8-3-1-4-9-16)22(19)14-13-21-27(24,25)17-10-7-15-26-17/h1,3-4,7-10,15,18,21H,2,5-6,11-14H2. The number of hydrogen-bond acceptors (Lipinski definition) is 4. The van der Waals surface area contributed by atoms with Gasteiger partial charge in [-0.1, -0.05) is 55.7 Å². The van der Waals surface area contributed by atoms with Crippen molar-refractivity contribution >= 4 is 27.3 Å². The van der Waals surface area contributed by atoms with Crippen LogP contribution in [-0.4, -0.2) is 32.3 Å². The summed E-state index contributed by atoms with van der Waals surface area (Å²) in [7, 11) is -3.50. The van der Waals surface area contributed by atoms with Crippen LogP contribution < -0.4 is 4.72 Å². The number of nitrogens with one attached hydrogen (secondary N) is 1. The molecule has 1 aromatic heterocycles. The number of rotatable bonds is 6. The first-order chi connectivity index (χ1) is 13.0. The monoisotopic (exact) mass is 404 g/mol. The molecule has 2 fully saturated rings. The van der Waals surface area contributed by atoms with Gasteiger partial charge in [0.05, 0.1) is 11.5 Å². The van der Waals surface area contributed by atoms with Crippen molar-refractivity contribution < 1.29 is 13.2 Å². The van der Waals surface area contributed by atoms with E-state index in [0.717, 1.165) is 31.2 Å². The zero-order chi connectivity index (χ0) is 18.9. The quantitative estimate of drug-likeness (QED) is 0.749. The lowest BCUT2D eigenvalue weighted by Crippen LogP contribution is -2.64. The number of sulfonamides is 1. The van der Waals surface area contributed by atoms with Gasteiger partial charge in [-0.05, 0) is 29.9 Å². The minimum atomic E-state index is -3.50. The van der Waals surface area contributed by atoms with Gasteiger partial charge in [0.2, 0.25) is 15.9 Å². The highest BCUT2D eigenvalue weighted by atomic mass is 32.2. The van der Waals surface area contributed by atoms with Crippen LogP contribution in [0.4, 0.5) is 0 Å². The molecule has 0 bridgehead atoms. The zero-order valence-electron chi connectivity index (χ0n) is 15.1.